The van der Waals surface area contributed by atoms with Gasteiger partial charge in [-0.2, -0.15) is 22.1 Å². The molecule has 0 radical (unpaired) electrons. The van der Waals surface area contributed by atoms with E-state index in [1.165, 1.54) is 30.3 Å². The van der Waals surface area contributed by atoms with Crippen LogP contribution in [0.5, 0.6) is 5.75 Å². The summed E-state index contributed by atoms with van der Waals surface area (Å²) in [6.07, 6.45) is 3.25. The maximum absolute atomic E-state index is 13.2. The first kappa shape index (κ1) is 28.2. The van der Waals surface area contributed by atoms with E-state index in [0.717, 1.165) is 28.5 Å². The van der Waals surface area contributed by atoms with E-state index in [-0.39, 0.29) is 31.4 Å². The molecule has 8 nitrogen and oxygen atoms in total. The maximum atomic E-state index is 13.2. The van der Waals surface area contributed by atoms with Crippen LogP contribution in [-0.4, -0.2) is 21.9 Å². The van der Waals surface area contributed by atoms with Crippen LogP contribution in [0.25, 0.3) is 16.3 Å². The van der Waals surface area contributed by atoms with Gasteiger partial charge < -0.3 is 4.18 Å². The molecule has 1 aliphatic heterocycles. The lowest BCUT2D eigenvalue weighted by molar-refractivity contribution is 0.341. The van der Waals surface area contributed by atoms with Gasteiger partial charge in [0.05, 0.1) is 5.57 Å². The molecule has 5 rings (SSSR count). The topological polar surface area (TPSA) is 123 Å². The summed E-state index contributed by atoms with van der Waals surface area (Å²) in [5, 5.41) is 14.3. The largest absolute Gasteiger partial charge is 0.378 e. The molecular formula is C30H22N2O6S3. The summed E-state index contributed by atoms with van der Waals surface area (Å²) < 4.78 is 62.6. The Morgan fingerprint density at radius 1 is 0.805 bits per heavy atom. The summed E-state index contributed by atoms with van der Waals surface area (Å²) in [6.45, 7) is 3.74. The molecule has 0 fully saturated rings. The van der Waals surface area contributed by atoms with Crippen molar-refractivity contribution in [1.82, 2.24) is 0 Å². The minimum Gasteiger partial charge on any atom is -0.378 e. The molecule has 0 saturated heterocycles. The zero-order valence-electron chi connectivity index (χ0n) is 21.8. The number of rotatable bonds is 7. The first-order chi connectivity index (χ1) is 19.6. The van der Waals surface area contributed by atoms with Crippen LogP contribution in [0.1, 0.15) is 16.7 Å². The van der Waals surface area contributed by atoms with Crippen molar-refractivity contribution in [2.75, 3.05) is 0 Å². The maximum Gasteiger partial charge on any atom is 0.359 e. The third kappa shape index (κ3) is 5.90. The fraction of sp³-hybridized carbons (Fsp3) is 0.0667. The quantitative estimate of drug-likeness (QED) is 0.134. The van der Waals surface area contributed by atoms with Gasteiger partial charge in [-0.3, -0.25) is 4.28 Å². The van der Waals surface area contributed by atoms with Gasteiger partial charge in [0.2, 0.25) is 0 Å². The van der Waals surface area contributed by atoms with Crippen LogP contribution < -0.4 is 4.18 Å². The van der Waals surface area contributed by atoms with E-state index in [1.807, 2.05) is 38.1 Å². The predicted octanol–water partition coefficient (Wildman–Crippen LogP) is 6.48. The van der Waals surface area contributed by atoms with Crippen molar-refractivity contribution in [3.8, 4) is 11.8 Å². The van der Waals surface area contributed by atoms with E-state index in [2.05, 4.69) is 11.2 Å². The van der Waals surface area contributed by atoms with Crippen LogP contribution in [0, 0.1) is 25.2 Å². The number of hydrogen-bond donors (Lipinski definition) is 0. The molecule has 4 aromatic carbocycles. The Labute approximate surface area is 242 Å². The van der Waals surface area contributed by atoms with Crippen LogP contribution in [0.3, 0.4) is 0 Å². The molecule has 0 spiro atoms. The zero-order valence-corrected chi connectivity index (χ0v) is 24.3. The average molecular weight is 603 g/mol. The van der Waals surface area contributed by atoms with Gasteiger partial charge in [0.25, 0.3) is 0 Å². The monoisotopic (exact) mass is 602 g/mol. The van der Waals surface area contributed by atoms with E-state index in [9.17, 15) is 22.1 Å². The Morgan fingerprint density at radius 2 is 1.49 bits per heavy atom. The van der Waals surface area contributed by atoms with Gasteiger partial charge in [-0.25, -0.2) is 0 Å². The van der Waals surface area contributed by atoms with Crippen LogP contribution in [0.4, 0.5) is 0 Å². The summed E-state index contributed by atoms with van der Waals surface area (Å²) in [6, 6.07) is 24.7. The molecule has 4 aromatic rings. The molecular weight excluding hydrogens is 581 g/mol. The summed E-state index contributed by atoms with van der Waals surface area (Å²) in [5.41, 5.74) is 3.04. The van der Waals surface area contributed by atoms with E-state index in [1.54, 1.807) is 42.5 Å². The SMILES string of the molecule is Cc1ccc(S(=O)(=O)Oc2ccc(S(=O)(=O)O/N=C3C=C/C(=C(\C#N)c4ccccc4C)S\3)c3ccccc23)cc1. The molecule has 41 heavy (non-hydrogen) atoms. The van der Waals surface area contributed by atoms with Gasteiger partial charge in [-0.05, 0) is 61.4 Å². The second kappa shape index (κ2) is 11.2. The lowest BCUT2D eigenvalue weighted by Gasteiger charge is -2.12. The van der Waals surface area contributed by atoms with Gasteiger partial charge in [0.15, 0.2) is 5.75 Å². The molecule has 0 bridgehead atoms. The normalized spacial score (nSPS) is 15.6. The van der Waals surface area contributed by atoms with Crippen LogP contribution in [0.15, 0.2) is 117 Å². The highest BCUT2D eigenvalue weighted by molar-refractivity contribution is 8.18. The number of allylic oxidation sites excluding steroid dienone is 2. The second-order valence-electron chi connectivity index (χ2n) is 9.02. The van der Waals surface area contributed by atoms with Gasteiger partial charge in [-0.1, -0.05) is 83.1 Å². The van der Waals surface area contributed by atoms with Crippen molar-refractivity contribution in [3.05, 3.63) is 119 Å². The summed E-state index contributed by atoms with van der Waals surface area (Å²) >= 11 is 1.11. The number of thioether (sulfide) groups is 1. The Kier molecular flexibility index (Phi) is 7.73. The van der Waals surface area contributed by atoms with Crippen molar-refractivity contribution in [2.45, 2.75) is 23.6 Å². The summed E-state index contributed by atoms with van der Waals surface area (Å²) in [5.74, 6) is -0.0317. The number of benzene rings is 4. The van der Waals surface area contributed by atoms with E-state index >= 15 is 0 Å². The van der Waals surface area contributed by atoms with Gasteiger partial charge in [0, 0.05) is 15.7 Å². The molecule has 206 valence electrons. The predicted molar refractivity (Wildman–Crippen MR) is 159 cm³/mol. The molecule has 0 aromatic heterocycles. The highest BCUT2D eigenvalue weighted by Gasteiger charge is 2.25. The summed E-state index contributed by atoms with van der Waals surface area (Å²) in [4.78, 5) is 0.377. The first-order valence-corrected chi connectivity index (χ1v) is 15.8. The second-order valence-corrected chi connectivity index (χ2v) is 13.1. The van der Waals surface area contributed by atoms with Crippen LogP contribution >= 0.6 is 11.8 Å². The lowest BCUT2D eigenvalue weighted by atomic mass is 10.0. The fourth-order valence-electron chi connectivity index (χ4n) is 4.14. The number of fused-ring (bicyclic) bond motifs is 1. The Hall–Kier alpha value is -4.37. The Balaban J connectivity index is 1.42. The smallest absolute Gasteiger partial charge is 0.359 e. The molecule has 0 atom stereocenters. The minimum absolute atomic E-state index is 0.0273. The highest BCUT2D eigenvalue weighted by atomic mass is 32.2. The third-order valence-corrected chi connectivity index (χ3v) is 9.61. The van der Waals surface area contributed by atoms with Gasteiger partial charge in [-0.15, -0.1) is 0 Å². The minimum atomic E-state index is -4.41. The van der Waals surface area contributed by atoms with Crippen LogP contribution in [0.2, 0.25) is 0 Å². The number of aryl methyl sites for hydroxylation is 2. The first-order valence-electron chi connectivity index (χ1n) is 12.2. The standard InChI is InChI=1S/C30H22N2O6S3/c1-20-11-13-22(14-12-20)40(33,34)37-27-15-17-29(25-10-6-5-9-24(25)27)41(35,36)38-32-30-18-16-28(39-30)26(19-31)23-8-4-3-7-21(23)2/h3-18H,1-2H3/b28-26-,32-30+. The van der Waals surface area contributed by atoms with Crippen molar-refractivity contribution in [3.63, 3.8) is 0 Å². The number of nitrogens with zero attached hydrogens (tertiary/aromatic N) is 2. The lowest BCUT2D eigenvalue weighted by Crippen LogP contribution is -2.11. The van der Waals surface area contributed by atoms with Gasteiger partial charge in [0.1, 0.15) is 20.9 Å². The Morgan fingerprint density at radius 3 is 2.20 bits per heavy atom. The molecule has 11 heteroatoms. The summed E-state index contributed by atoms with van der Waals surface area (Å²) in [7, 11) is -8.58. The average Bonchev–Trinajstić information content (AvgIpc) is 3.42. The zero-order chi connectivity index (χ0) is 29.2. The van der Waals surface area contributed by atoms with Crippen molar-refractivity contribution >= 4 is 53.4 Å². The van der Waals surface area contributed by atoms with E-state index < -0.39 is 20.2 Å². The van der Waals surface area contributed by atoms with E-state index in [0.29, 0.717) is 10.5 Å². The molecule has 1 aliphatic rings. The van der Waals surface area contributed by atoms with Gasteiger partial charge >= 0.3 is 20.2 Å². The van der Waals surface area contributed by atoms with Crippen LogP contribution in [-0.2, 0) is 24.5 Å². The highest BCUT2D eigenvalue weighted by Crippen LogP contribution is 2.36. The van der Waals surface area contributed by atoms with Crippen molar-refractivity contribution in [2.24, 2.45) is 5.16 Å². The fourth-order valence-corrected chi connectivity index (χ4v) is 6.91. The molecule has 0 saturated carbocycles. The number of nitriles is 1. The third-order valence-electron chi connectivity index (χ3n) is 6.21. The molecule has 1 heterocycles. The molecule has 0 amide bonds. The van der Waals surface area contributed by atoms with Crippen molar-refractivity contribution < 1.29 is 25.3 Å². The molecule has 0 aliphatic carbocycles. The molecule has 0 N–H and O–H groups in total. The Bertz CT molecular complexity index is 2020. The van der Waals surface area contributed by atoms with Crippen molar-refractivity contribution in [1.29, 1.82) is 5.26 Å². The number of oxime groups is 1. The number of hydrogen-bond acceptors (Lipinski definition) is 9. The molecule has 0 unspecified atom stereocenters. The van der Waals surface area contributed by atoms with E-state index in [4.69, 9.17) is 8.47 Å².